The number of thiophene rings is 1. The number of rotatable bonds is 1. The monoisotopic (exact) mass is 248 g/mol. The van der Waals surface area contributed by atoms with Gasteiger partial charge in [0.25, 0.3) is 0 Å². The molecule has 1 aromatic carbocycles. The number of halogens is 1. The van der Waals surface area contributed by atoms with E-state index in [0.717, 1.165) is 9.88 Å². The number of fused-ring (bicyclic) bond motifs is 1. The minimum absolute atomic E-state index is 0.243. The van der Waals surface area contributed by atoms with E-state index >= 15 is 0 Å². The van der Waals surface area contributed by atoms with Crippen LogP contribution in [-0.2, 0) is 0 Å². The third kappa shape index (κ3) is 1.59. The highest BCUT2D eigenvalue weighted by Gasteiger charge is 2.10. The van der Waals surface area contributed by atoms with Crippen molar-refractivity contribution in [3.05, 3.63) is 51.5 Å². The van der Waals surface area contributed by atoms with Crippen LogP contribution in [0, 0.1) is 12.7 Å². The molecule has 5 heteroatoms. The first-order valence-electron chi connectivity index (χ1n) is 5.12. The smallest absolute Gasteiger partial charge is 0.305 e. The number of hydrogen-bond donors (Lipinski definition) is 1. The highest BCUT2D eigenvalue weighted by molar-refractivity contribution is 7.14. The maximum atomic E-state index is 13.1. The van der Waals surface area contributed by atoms with Crippen LogP contribution in [-0.4, -0.2) is 9.55 Å². The standard InChI is InChI=1S/C12H9FN2OS/c1-7-2-5-11(17-7)15-10-4-3-8(13)6-9(10)14-12(15)16/h2-6H,1H3,(H,14,16). The van der Waals surface area contributed by atoms with Crippen molar-refractivity contribution in [1.82, 2.24) is 9.55 Å². The highest BCUT2D eigenvalue weighted by Crippen LogP contribution is 2.22. The Kier molecular flexibility index (Phi) is 2.16. The SMILES string of the molecule is Cc1ccc(-n2c(=O)[nH]c3cc(F)ccc32)s1. The molecule has 0 aliphatic heterocycles. The summed E-state index contributed by atoms with van der Waals surface area (Å²) in [5.41, 5.74) is 0.965. The molecule has 2 heterocycles. The third-order valence-corrected chi connectivity index (χ3v) is 3.58. The van der Waals surface area contributed by atoms with Crippen LogP contribution in [0.15, 0.2) is 35.1 Å². The molecule has 3 nitrogen and oxygen atoms in total. The Balaban J connectivity index is 2.36. The zero-order chi connectivity index (χ0) is 12.0. The number of nitrogens with one attached hydrogen (secondary N) is 1. The van der Waals surface area contributed by atoms with Crippen LogP contribution in [0.3, 0.4) is 0 Å². The zero-order valence-electron chi connectivity index (χ0n) is 9.03. The first-order chi connectivity index (χ1) is 8.15. The van der Waals surface area contributed by atoms with E-state index in [0.29, 0.717) is 11.0 Å². The molecule has 2 aromatic heterocycles. The molecule has 0 atom stereocenters. The van der Waals surface area contributed by atoms with Crippen LogP contribution in [0.2, 0.25) is 0 Å². The molecule has 0 spiro atoms. The second kappa shape index (κ2) is 3.56. The summed E-state index contributed by atoms with van der Waals surface area (Å²) in [7, 11) is 0. The largest absolute Gasteiger partial charge is 0.331 e. The summed E-state index contributed by atoms with van der Waals surface area (Å²) in [5, 5.41) is 0.838. The summed E-state index contributed by atoms with van der Waals surface area (Å²) in [6.45, 7) is 1.98. The van der Waals surface area contributed by atoms with Gasteiger partial charge in [0.05, 0.1) is 11.0 Å². The minimum Gasteiger partial charge on any atom is -0.305 e. The molecular weight excluding hydrogens is 239 g/mol. The Morgan fingerprint density at radius 3 is 2.82 bits per heavy atom. The van der Waals surface area contributed by atoms with Gasteiger partial charge in [-0.25, -0.2) is 9.18 Å². The molecular formula is C12H9FN2OS. The van der Waals surface area contributed by atoms with Gasteiger partial charge in [-0.2, -0.15) is 0 Å². The normalized spacial score (nSPS) is 11.2. The summed E-state index contributed by atoms with van der Waals surface area (Å²) in [6, 6.07) is 8.13. The number of aryl methyl sites for hydroxylation is 1. The zero-order valence-corrected chi connectivity index (χ0v) is 9.84. The molecule has 0 saturated carbocycles. The molecule has 0 unspecified atom stereocenters. The van der Waals surface area contributed by atoms with Crippen LogP contribution in [0.5, 0.6) is 0 Å². The van der Waals surface area contributed by atoms with E-state index in [4.69, 9.17) is 0 Å². The molecule has 0 amide bonds. The van der Waals surface area contributed by atoms with Crippen LogP contribution in [0.1, 0.15) is 4.88 Å². The van der Waals surface area contributed by atoms with Gasteiger partial charge >= 0.3 is 5.69 Å². The van der Waals surface area contributed by atoms with Gasteiger partial charge < -0.3 is 4.98 Å². The molecule has 0 radical (unpaired) electrons. The van der Waals surface area contributed by atoms with Crippen LogP contribution >= 0.6 is 11.3 Å². The Labute approximate surface area is 100 Å². The Morgan fingerprint density at radius 2 is 2.12 bits per heavy atom. The summed E-state index contributed by atoms with van der Waals surface area (Å²) in [5.74, 6) is -0.353. The summed E-state index contributed by atoms with van der Waals surface area (Å²) < 4.78 is 14.6. The summed E-state index contributed by atoms with van der Waals surface area (Å²) >= 11 is 1.53. The predicted molar refractivity (Wildman–Crippen MR) is 66.5 cm³/mol. The Morgan fingerprint density at radius 1 is 1.29 bits per heavy atom. The average molecular weight is 248 g/mol. The maximum absolute atomic E-state index is 13.1. The molecule has 0 saturated heterocycles. The molecule has 1 N–H and O–H groups in total. The van der Waals surface area contributed by atoms with Crippen LogP contribution in [0.25, 0.3) is 16.0 Å². The van der Waals surface area contributed by atoms with E-state index < -0.39 is 0 Å². The Hall–Kier alpha value is -1.88. The second-order valence-electron chi connectivity index (χ2n) is 3.81. The number of benzene rings is 1. The van der Waals surface area contributed by atoms with E-state index in [9.17, 15) is 9.18 Å². The first kappa shape index (κ1) is 10.3. The lowest BCUT2D eigenvalue weighted by molar-refractivity contribution is 0.629. The highest BCUT2D eigenvalue weighted by atomic mass is 32.1. The first-order valence-corrected chi connectivity index (χ1v) is 5.94. The van der Waals surface area contributed by atoms with E-state index in [-0.39, 0.29) is 11.5 Å². The van der Waals surface area contributed by atoms with Gasteiger partial charge in [-0.05, 0) is 37.3 Å². The van der Waals surface area contributed by atoms with Gasteiger partial charge in [0.15, 0.2) is 0 Å². The number of imidazole rings is 1. The van der Waals surface area contributed by atoms with Gasteiger partial charge in [-0.3, -0.25) is 4.57 Å². The lowest BCUT2D eigenvalue weighted by Crippen LogP contribution is -2.13. The number of hydrogen-bond acceptors (Lipinski definition) is 2. The molecule has 3 aromatic rings. The fourth-order valence-electron chi connectivity index (χ4n) is 1.84. The molecule has 0 aliphatic carbocycles. The molecule has 17 heavy (non-hydrogen) atoms. The van der Waals surface area contributed by atoms with Crippen molar-refractivity contribution in [3.8, 4) is 5.00 Å². The molecule has 0 fully saturated rings. The number of nitrogens with zero attached hydrogens (tertiary/aromatic N) is 1. The second-order valence-corrected chi connectivity index (χ2v) is 5.08. The minimum atomic E-state index is -0.353. The van der Waals surface area contributed by atoms with Gasteiger partial charge in [0.1, 0.15) is 10.8 Å². The molecule has 0 aliphatic rings. The van der Waals surface area contributed by atoms with Gasteiger partial charge in [-0.15, -0.1) is 11.3 Å². The predicted octanol–water partition coefficient (Wildman–Crippen LogP) is 2.83. The Bertz CT molecular complexity index is 753. The number of aromatic amines is 1. The van der Waals surface area contributed by atoms with E-state index in [1.807, 2.05) is 19.1 Å². The summed E-state index contributed by atoms with van der Waals surface area (Å²) in [6.07, 6.45) is 0. The van der Waals surface area contributed by atoms with Crippen molar-refractivity contribution in [2.75, 3.05) is 0 Å². The van der Waals surface area contributed by atoms with Crippen molar-refractivity contribution >= 4 is 22.4 Å². The van der Waals surface area contributed by atoms with E-state index in [1.165, 1.54) is 23.5 Å². The number of H-pyrrole nitrogens is 1. The van der Waals surface area contributed by atoms with Crippen molar-refractivity contribution in [2.45, 2.75) is 6.92 Å². The fraction of sp³-hybridized carbons (Fsp3) is 0.0833. The lowest BCUT2D eigenvalue weighted by atomic mass is 10.3. The molecule has 86 valence electrons. The van der Waals surface area contributed by atoms with Crippen LogP contribution in [0.4, 0.5) is 4.39 Å². The third-order valence-electron chi connectivity index (χ3n) is 2.59. The van der Waals surface area contributed by atoms with E-state index in [1.54, 1.807) is 10.6 Å². The summed E-state index contributed by atoms with van der Waals surface area (Å²) in [4.78, 5) is 15.6. The quantitative estimate of drug-likeness (QED) is 0.706. The van der Waals surface area contributed by atoms with Crippen molar-refractivity contribution < 1.29 is 4.39 Å². The van der Waals surface area contributed by atoms with Gasteiger partial charge in [-0.1, -0.05) is 0 Å². The number of aromatic nitrogens is 2. The van der Waals surface area contributed by atoms with E-state index in [2.05, 4.69) is 4.98 Å². The average Bonchev–Trinajstić information content (AvgIpc) is 2.80. The van der Waals surface area contributed by atoms with Gasteiger partial charge in [0.2, 0.25) is 0 Å². The van der Waals surface area contributed by atoms with Crippen molar-refractivity contribution in [2.24, 2.45) is 0 Å². The topological polar surface area (TPSA) is 37.8 Å². The van der Waals surface area contributed by atoms with Gasteiger partial charge in [0, 0.05) is 4.88 Å². The molecule has 3 rings (SSSR count). The maximum Gasteiger partial charge on any atom is 0.331 e. The lowest BCUT2D eigenvalue weighted by Gasteiger charge is -1.98. The van der Waals surface area contributed by atoms with Crippen molar-refractivity contribution in [1.29, 1.82) is 0 Å². The van der Waals surface area contributed by atoms with Crippen LogP contribution < -0.4 is 5.69 Å². The molecule has 0 bridgehead atoms. The fourth-order valence-corrected chi connectivity index (χ4v) is 2.72. The van der Waals surface area contributed by atoms with Crippen molar-refractivity contribution in [3.63, 3.8) is 0 Å².